The minimum absolute atomic E-state index is 0.0809. The number of carboxylic acid groups (broad SMARTS) is 1. The smallest absolute Gasteiger partial charge is 0.305 e. The Morgan fingerprint density at radius 2 is 2.40 bits per heavy atom. The average Bonchev–Trinajstić information content (AvgIpc) is 2.64. The topological polar surface area (TPSA) is 66.4 Å². The van der Waals surface area contributed by atoms with Crippen LogP contribution >= 0.6 is 11.3 Å². The zero-order valence-corrected chi connectivity index (χ0v) is 9.21. The lowest BCUT2D eigenvalue weighted by Gasteiger charge is -2.11. The molecule has 1 aromatic heterocycles. The van der Waals surface area contributed by atoms with E-state index in [4.69, 9.17) is 5.11 Å². The van der Waals surface area contributed by atoms with E-state index in [1.54, 1.807) is 0 Å². The SMILES string of the molecule is CCc1ccc(C(CC(=O)O)NC=O)s1. The molecule has 1 heterocycles. The fraction of sp³-hybridized carbons (Fsp3) is 0.400. The van der Waals surface area contributed by atoms with Gasteiger partial charge in [-0.15, -0.1) is 11.3 Å². The van der Waals surface area contributed by atoms with Crippen LogP contribution in [0.4, 0.5) is 0 Å². The third-order valence-corrected chi connectivity index (χ3v) is 3.37. The number of nitrogens with one attached hydrogen (secondary N) is 1. The standard InChI is InChI=1S/C10H13NO3S/c1-2-7-3-4-9(15-7)8(11-6-12)5-10(13)14/h3-4,6,8H,2,5H2,1H3,(H,11,12)(H,13,14). The molecule has 0 spiro atoms. The van der Waals surface area contributed by atoms with Crippen LogP contribution < -0.4 is 5.32 Å². The van der Waals surface area contributed by atoms with Crippen LogP contribution in [0.5, 0.6) is 0 Å². The van der Waals surface area contributed by atoms with Gasteiger partial charge < -0.3 is 10.4 Å². The van der Waals surface area contributed by atoms with E-state index in [-0.39, 0.29) is 6.42 Å². The second-order valence-electron chi connectivity index (χ2n) is 3.09. The summed E-state index contributed by atoms with van der Waals surface area (Å²) < 4.78 is 0. The molecule has 0 radical (unpaired) electrons. The van der Waals surface area contributed by atoms with Gasteiger partial charge in [0.2, 0.25) is 6.41 Å². The summed E-state index contributed by atoms with van der Waals surface area (Å²) in [5.74, 6) is -0.916. The molecule has 0 fully saturated rings. The number of aryl methyl sites for hydroxylation is 1. The van der Waals surface area contributed by atoms with Gasteiger partial charge in [-0.3, -0.25) is 9.59 Å². The summed E-state index contributed by atoms with van der Waals surface area (Å²) in [6, 6.07) is 3.42. The van der Waals surface area contributed by atoms with E-state index in [1.165, 1.54) is 16.2 Å². The summed E-state index contributed by atoms with van der Waals surface area (Å²) >= 11 is 1.54. The van der Waals surface area contributed by atoms with Crippen molar-refractivity contribution >= 4 is 23.7 Å². The molecule has 0 aliphatic carbocycles. The van der Waals surface area contributed by atoms with Crippen molar-refractivity contribution in [2.75, 3.05) is 0 Å². The molecule has 1 aromatic rings. The Bertz CT molecular complexity index is 348. The number of carboxylic acids is 1. The minimum Gasteiger partial charge on any atom is -0.481 e. The molecule has 15 heavy (non-hydrogen) atoms. The van der Waals surface area contributed by atoms with Gasteiger partial charge in [-0.05, 0) is 18.6 Å². The third kappa shape index (κ3) is 3.36. The van der Waals surface area contributed by atoms with Crippen LogP contribution in [-0.4, -0.2) is 17.5 Å². The Labute approximate surface area is 91.9 Å². The summed E-state index contributed by atoms with van der Waals surface area (Å²) in [6.45, 7) is 2.04. The molecule has 1 unspecified atom stereocenters. The lowest BCUT2D eigenvalue weighted by atomic mass is 10.2. The molecule has 0 bridgehead atoms. The quantitative estimate of drug-likeness (QED) is 0.725. The summed E-state index contributed by atoms with van der Waals surface area (Å²) in [5.41, 5.74) is 0. The normalized spacial score (nSPS) is 12.1. The Kier molecular flexibility index (Phi) is 4.30. The number of rotatable bonds is 6. The van der Waals surface area contributed by atoms with Crippen molar-refractivity contribution < 1.29 is 14.7 Å². The van der Waals surface area contributed by atoms with E-state index in [0.717, 1.165) is 11.3 Å². The highest BCUT2D eigenvalue weighted by molar-refractivity contribution is 7.12. The van der Waals surface area contributed by atoms with Crippen LogP contribution in [-0.2, 0) is 16.0 Å². The number of amides is 1. The van der Waals surface area contributed by atoms with E-state index in [9.17, 15) is 9.59 Å². The van der Waals surface area contributed by atoms with Crippen molar-refractivity contribution in [2.45, 2.75) is 25.8 Å². The van der Waals surface area contributed by atoms with Gasteiger partial charge in [0, 0.05) is 9.75 Å². The molecular formula is C10H13NO3S. The zero-order chi connectivity index (χ0) is 11.3. The Hall–Kier alpha value is -1.36. The molecule has 1 amide bonds. The van der Waals surface area contributed by atoms with Crippen LogP contribution in [0.25, 0.3) is 0 Å². The molecular weight excluding hydrogens is 214 g/mol. The Morgan fingerprint density at radius 3 is 2.87 bits per heavy atom. The number of aliphatic carboxylic acids is 1. The van der Waals surface area contributed by atoms with Crippen molar-refractivity contribution in [3.63, 3.8) is 0 Å². The van der Waals surface area contributed by atoms with Crippen LogP contribution in [0, 0.1) is 0 Å². The molecule has 0 aromatic carbocycles. The van der Waals surface area contributed by atoms with E-state index < -0.39 is 12.0 Å². The maximum Gasteiger partial charge on any atom is 0.305 e. The van der Waals surface area contributed by atoms with Gasteiger partial charge >= 0.3 is 5.97 Å². The molecule has 1 rings (SSSR count). The number of carbonyl (C=O) groups excluding carboxylic acids is 1. The maximum atomic E-state index is 10.6. The molecule has 5 heteroatoms. The largest absolute Gasteiger partial charge is 0.481 e. The number of carbonyl (C=O) groups is 2. The summed E-state index contributed by atoms with van der Waals surface area (Å²) in [7, 11) is 0. The highest BCUT2D eigenvalue weighted by Crippen LogP contribution is 2.25. The molecule has 1 atom stereocenters. The first-order chi connectivity index (χ1) is 7.17. The van der Waals surface area contributed by atoms with Gasteiger partial charge in [0.25, 0.3) is 0 Å². The molecule has 4 nitrogen and oxygen atoms in total. The van der Waals surface area contributed by atoms with Crippen molar-refractivity contribution in [1.29, 1.82) is 0 Å². The number of thiophene rings is 1. The fourth-order valence-corrected chi connectivity index (χ4v) is 2.28. The van der Waals surface area contributed by atoms with Crippen molar-refractivity contribution in [1.82, 2.24) is 5.32 Å². The summed E-state index contributed by atoms with van der Waals surface area (Å²) in [6.07, 6.45) is 1.38. The average molecular weight is 227 g/mol. The van der Waals surface area contributed by atoms with Gasteiger partial charge in [0.05, 0.1) is 12.5 Å². The van der Waals surface area contributed by atoms with Crippen molar-refractivity contribution in [3.05, 3.63) is 21.9 Å². The van der Waals surface area contributed by atoms with E-state index >= 15 is 0 Å². The van der Waals surface area contributed by atoms with Crippen LogP contribution in [0.1, 0.15) is 29.1 Å². The first kappa shape index (κ1) is 11.7. The maximum absolute atomic E-state index is 10.6. The van der Waals surface area contributed by atoms with Crippen LogP contribution in [0.15, 0.2) is 12.1 Å². The lowest BCUT2D eigenvalue weighted by molar-refractivity contribution is -0.137. The highest BCUT2D eigenvalue weighted by Gasteiger charge is 2.16. The molecule has 0 aliphatic rings. The Morgan fingerprint density at radius 1 is 1.67 bits per heavy atom. The number of hydrogen-bond donors (Lipinski definition) is 2. The predicted octanol–water partition coefficient (Wildman–Crippen LogP) is 1.57. The first-order valence-electron chi connectivity index (χ1n) is 4.67. The van der Waals surface area contributed by atoms with Crippen LogP contribution in [0.3, 0.4) is 0 Å². The zero-order valence-electron chi connectivity index (χ0n) is 8.40. The van der Waals surface area contributed by atoms with Crippen LogP contribution in [0.2, 0.25) is 0 Å². The van der Waals surface area contributed by atoms with E-state index in [2.05, 4.69) is 5.32 Å². The van der Waals surface area contributed by atoms with Crippen molar-refractivity contribution in [2.24, 2.45) is 0 Å². The lowest BCUT2D eigenvalue weighted by Crippen LogP contribution is -2.21. The molecule has 0 saturated heterocycles. The van der Waals surface area contributed by atoms with Gasteiger partial charge in [-0.2, -0.15) is 0 Å². The Balaban J connectivity index is 2.77. The fourth-order valence-electron chi connectivity index (χ4n) is 1.27. The number of hydrogen-bond acceptors (Lipinski definition) is 3. The van der Waals surface area contributed by atoms with Gasteiger partial charge in [-0.25, -0.2) is 0 Å². The third-order valence-electron chi connectivity index (χ3n) is 2.02. The first-order valence-corrected chi connectivity index (χ1v) is 5.49. The van der Waals surface area contributed by atoms with Crippen molar-refractivity contribution in [3.8, 4) is 0 Å². The monoisotopic (exact) mass is 227 g/mol. The second-order valence-corrected chi connectivity index (χ2v) is 4.29. The molecule has 0 aliphatic heterocycles. The van der Waals surface area contributed by atoms with E-state index in [1.807, 2.05) is 19.1 Å². The minimum atomic E-state index is -0.916. The highest BCUT2D eigenvalue weighted by atomic mass is 32.1. The second kappa shape index (κ2) is 5.50. The summed E-state index contributed by atoms with van der Waals surface area (Å²) in [4.78, 5) is 23.0. The van der Waals surface area contributed by atoms with Gasteiger partial charge in [0.1, 0.15) is 0 Å². The molecule has 0 saturated carbocycles. The predicted molar refractivity (Wildman–Crippen MR) is 57.9 cm³/mol. The molecule has 82 valence electrons. The molecule has 2 N–H and O–H groups in total. The van der Waals surface area contributed by atoms with E-state index in [0.29, 0.717) is 6.41 Å². The van der Waals surface area contributed by atoms with Gasteiger partial charge in [0.15, 0.2) is 0 Å². The van der Waals surface area contributed by atoms with Gasteiger partial charge in [-0.1, -0.05) is 6.92 Å². The summed E-state index contributed by atoms with van der Waals surface area (Å²) in [5, 5.41) is 11.2.